The molecule has 1 saturated heterocycles. The van der Waals surface area contributed by atoms with Crippen molar-refractivity contribution in [2.24, 2.45) is 0 Å². The zero-order chi connectivity index (χ0) is 19.1. The molecule has 2 aromatic rings. The summed E-state index contributed by atoms with van der Waals surface area (Å²) in [5, 5.41) is 3.06. The van der Waals surface area contributed by atoms with Gasteiger partial charge in [0.15, 0.2) is 0 Å². The topological polar surface area (TPSA) is 71.8 Å². The molecule has 1 fully saturated rings. The van der Waals surface area contributed by atoms with Gasteiger partial charge in [-0.05, 0) is 43.5 Å². The van der Waals surface area contributed by atoms with E-state index in [1.54, 1.807) is 11.0 Å². The fourth-order valence-electron chi connectivity index (χ4n) is 3.08. The summed E-state index contributed by atoms with van der Waals surface area (Å²) in [6.07, 6.45) is 5.60. The second-order valence-electron chi connectivity index (χ2n) is 6.56. The molecular weight excluding hydrogens is 412 g/mol. The van der Waals surface area contributed by atoms with Crippen LogP contribution >= 0.6 is 15.9 Å². The van der Waals surface area contributed by atoms with Gasteiger partial charge in [0, 0.05) is 30.0 Å². The van der Waals surface area contributed by atoms with Gasteiger partial charge in [-0.2, -0.15) is 0 Å². The van der Waals surface area contributed by atoms with Crippen LogP contribution in [0.3, 0.4) is 0 Å². The quantitative estimate of drug-likeness (QED) is 0.675. The molecule has 0 aliphatic carbocycles. The number of furan rings is 1. The summed E-state index contributed by atoms with van der Waals surface area (Å²) in [7, 11) is 0. The SMILES string of the molecule is O=C(CCCOc1cccc(Br)c1)NC1CCN(C(=O)c2ccoc2)CC1. The molecule has 0 spiro atoms. The maximum Gasteiger partial charge on any atom is 0.257 e. The second kappa shape index (κ2) is 9.60. The van der Waals surface area contributed by atoms with Crippen molar-refractivity contribution in [2.75, 3.05) is 19.7 Å². The Morgan fingerprint density at radius 3 is 2.78 bits per heavy atom. The molecule has 7 heteroatoms. The Balaban J connectivity index is 1.32. The molecule has 0 radical (unpaired) electrons. The predicted molar refractivity (Wildman–Crippen MR) is 105 cm³/mol. The third-order valence-electron chi connectivity index (χ3n) is 4.53. The van der Waals surface area contributed by atoms with Gasteiger partial charge in [0.05, 0.1) is 18.4 Å². The van der Waals surface area contributed by atoms with Crippen LogP contribution in [0, 0.1) is 0 Å². The molecule has 1 aliphatic rings. The number of benzene rings is 1. The highest BCUT2D eigenvalue weighted by atomic mass is 79.9. The predicted octanol–water partition coefficient (Wildman–Crippen LogP) is 3.62. The third-order valence-corrected chi connectivity index (χ3v) is 5.02. The van der Waals surface area contributed by atoms with Crippen molar-refractivity contribution >= 4 is 27.7 Å². The second-order valence-corrected chi connectivity index (χ2v) is 7.47. The van der Waals surface area contributed by atoms with E-state index < -0.39 is 0 Å². The number of nitrogens with one attached hydrogen (secondary N) is 1. The Hall–Kier alpha value is -2.28. The number of piperidine rings is 1. The van der Waals surface area contributed by atoms with Crippen LogP contribution in [0.2, 0.25) is 0 Å². The van der Waals surface area contributed by atoms with Gasteiger partial charge in [-0.25, -0.2) is 0 Å². The van der Waals surface area contributed by atoms with Crippen molar-refractivity contribution in [1.82, 2.24) is 10.2 Å². The number of hydrogen-bond donors (Lipinski definition) is 1. The van der Waals surface area contributed by atoms with Gasteiger partial charge in [-0.15, -0.1) is 0 Å². The van der Waals surface area contributed by atoms with Gasteiger partial charge in [0.2, 0.25) is 5.91 Å². The molecule has 0 saturated carbocycles. The molecule has 6 nitrogen and oxygen atoms in total. The molecule has 0 bridgehead atoms. The lowest BCUT2D eigenvalue weighted by Gasteiger charge is -2.32. The van der Waals surface area contributed by atoms with E-state index in [0.717, 1.165) is 23.1 Å². The van der Waals surface area contributed by atoms with Gasteiger partial charge in [0.25, 0.3) is 5.91 Å². The minimum Gasteiger partial charge on any atom is -0.494 e. The van der Waals surface area contributed by atoms with Gasteiger partial charge in [0.1, 0.15) is 12.0 Å². The van der Waals surface area contributed by atoms with Crippen LogP contribution in [0.5, 0.6) is 5.75 Å². The van der Waals surface area contributed by atoms with Crippen molar-refractivity contribution in [3.8, 4) is 5.75 Å². The minimum atomic E-state index is -0.0155. The van der Waals surface area contributed by atoms with Crippen LogP contribution in [-0.2, 0) is 4.79 Å². The monoisotopic (exact) mass is 434 g/mol. The summed E-state index contributed by atoms with van der Waals surface area (Å²) < 4.78 is 11.6. The van der Waals surface area contributed by atoms with Crippen LogP contribution < -0.4 is 10.1 Å². The van der Waals surface area contributed by atoms with Crippen molar-refractivity contribution in [1.29, 1.82) is 0 Å². The zero-order valence-corrected chi connectivity index (χ0v) is 16.6. The zero-order valence-electron chi connectivity index (χ0n) is 15.0. The van der Waals surface area contributed by atoms with Crippen molar-refractivity contribution in [3.05, 3.63) is 52.9 Å². The molecule has 2 heterocycles. The number of ether oxygens (including phenoxy) is 1. The van der Waals surface area contributed by atoms with Crippen LogP contribution in [0.4, 0.5) is 0 Å². The number of carbonyl (C=O) groups excluding carboxylic acids is 2. The molecule has 1 aromatic heterocycles. The maximum absolute atomic E-state index is 12.3. The van der Waals surface area contributed by atoms with Gasteiger partial charge in [-0.3, -0.25) is 9.59 Å². The molecule has 1 N–H and O–H groups in total. The Labute approximate surface area is 167 Å². The number of nitrogens with zero attached hydrogens (tertiary/aromatic N) is 1. The number of rotatable bonds is 7. The third kappa shape index (κ3) is 5.85. The molecular formula is C20H23BrN2O4. The number of halogens is 1. The van der Waals surface area contributed by atoms with E-state index >= 15 is 0 Å². The van der Waals surface area contributed by atoms with E-state index in [1.165, 1.54) is 12.5 Å². The molecule has 144 valence electrons. The standard InChI is InChI=1S/C20H23BrN2O4/c21-16-3-1-4-18(13-16)27-11-2-5-19(24)22-17-6-9-23(10-7-17)20(25)15-8-12-26-14-15/h1,3-4,8,12-14,17H,2,5-7,9-11H2,(H,22,24). The number of carbonyl (C=O) groups is 2. The molecule has 2 amide bonds. The van der Waals surface area contributed by atoms with E-state index in [2.05, 4.69) is 21.2 Å². The lowest BCUT2D eigenvalue weighted by atomic mass is 10.0. The normalized spacial score (nSPS) is 14.8. The average Bonchev–Trinajstić information content (AvgIpc) is 3.20. The first kappa shape index (κ1) is 19.5. The van der Waals surface area contributed by atoms with Crippen molar-refractivity contribution in [2.45, 2.75) is 31.7 Å². The number of hydrogen-bond acceptors (Lipinski definition) is 4. The average molecular weight is 435 g/mol. The highest BCUT2D eigenvalue weighted by Crippen LogP contribution is 2.18. The van der Waals surface area contributed by atoms with Gasteiger partial charge >= 0.3 is 0 Å². The Morgan fingerprint density at radius 1 is 1.26 bits per heavy atom. The van der Waals surface area contributed by atoms with Gasteiger partial charge in [-0.1, -0.05) is 22.0 Å². The van der Waals surface area contributed by atoms with Crippen LogP contribution in [-0.4, -0.2) is 42.5 Å². The van der Waals surface area contributed by atoms with E-state index in [9.17, 15) is 9.59 Å². The van der Waals surface area contributed by atoms with Crippen molar-refractivity contribution in [3.63, 3.8) is 0 Å². The number of likely N-dealkylation sites (tertiary alicyclic amines) is 1. The van der Waals surface area contributed by atoms with E-state index in [-0.39, 0.29) is 17.9 Å². The summed E-state index contributed by atoms with van der Waals surface area (Å²) in [5.74, 6) is 0.810. The first-order valence-electron chi connectivity index (χ1n) is 9.11. The Kier molecular flexibility index (Phi) is 6.92. The minimum absolute atomic E-state index is 0.0155. The summed E-state index contributed by atoms with van der Waals surface area (Å²) in [4.78, 5) is 26.2. The summed E-state index contributed by atoms with van der Waals surface area (Å²) in [6, 6.07) is 9.44. The largest absolute Gasteiger partial charge is 0.494 e. The van der Waals surface area contributed by atoms with Crippen LogP contribution in [0.25, 0.3) is 0 Å². The Bertz CT molecular complexity index is 755. The van der Waals surface area contributed by atoms with Gasteiger partial charge < -0.3 is 19.4 Å². The maximum atomic E-state index is 12.3. The fraction of sp³-hybridized carbons (Fsp3) is 0.400. The molecule has 0 atom stereocenters. The smallest absolute Gasteiger partial charge is 0.257 e. The fourth-order valence-corrected chi connectivity index (χ4v) is 3.45. The van der Waals surface area contributed by atoms with E-state index in [1.807, 2.05) is 24.3 Å². The number of amides is 2. The first-order valence-corrected chi connectivity index (χ1v) is 9.90. The molecule has 1 aliphatic heterocycles. The van der Waals surface area contributed by atoms with Crippen LogP contribution in [0.15, 0.2) is 51.7 Å². The summed E-state index contributed by atoms with van der Waals surface area (Å²) >= 11 is 3.40. The molecule has 1 aromatic carbocycles. The lowest BCUT2D eigenvalue weighted by molar-refractivity contribution is -0.122. The van der Waals surface area contributed by atoms with Crippen molar-refractivity contribution < 1.29 is 18.7 Å². The highest BCUT2D eigenvalue weighted by molar-refractivity contribution is 9.10. The first-order chi connectivity index (χ1) is 13.1. The highest BCUT2D eigenvalue weighted by Gasteiger charge is 2.24. The Morgan fingerprint density at radius 2 is 2.07 bits per heavy atom. The summed E-state index contributed by atoms with van der Waals surface area (Å²) in [5.41, 5.74) is 0.572. The summed E-state index contributed by atoms with van der Waals surface area (Å²) in [6.45, 7) is 1.78. The molecule has 27 heavy (non-hydrogen) atoms. The van der Waals surface area contributed by atoms with E-state index in [4.69, 9.17) is 9.15 Å². The van der Waals surface area contributed by atoms with Crippen LogP contribution in [0.1, 0.15) is 36.0 Å². The molecule has 3 rings (SSSR count). The van der Waals surface area contributed by atoms with E-state index in [0.29, 0.717) is 38.1 Å². The lowest BCUT2D eigenvalue weighted by Crippen LogP contribution is -2.46. The molecule has 0 unspecified atom stereocenters.